The van der Waals surface area contributed by atoms with Gasteiger partial charge in [-0.05, 0) is 12.1 Å². The molecule has 1 atom stereocenters. The van der Waals surface area contributed by atoms with Crippen molar-refractivity contribution in [1.29, 1.82) is 0 Å². The van der Waals surface area contributed by atoms with E-state index in [0.717, 1.165) is 5.54 Å². The van der Waals surface area contributed by atoms with Crippen LogP contribution in [0.5, 0.6) is 0 Å². The van der Waals surface area contributed by atoms with Crippen molar-refractivity contribution in [3.8, 4) is 0 Å². The Balaban J connectivity index is 2.77. The van der Waals surface area contributed by atoms with Crippen LogP contribution in [0.1, 0.15) is 32.1 Å². The second-order valence-corrected chi connectivity index (χ2v) is 21.3. The molecule has 0 heterocycles. The van der Waals surface area contributed by atoms with Gasteiger partial charge in [-0.1, -0.05) is 51.7 Å². The predicted octanol–water partition coefficient (Wildman–Crippen LogP) is 3.96. The lowest BCUT2D eigenvalue weighted by atomic mass is 10.0. The van der Waals surface area contributed by atoms with Crippen LogP contribution in [0.25, 0.3) is 0 Å². The van der Waals surface area contributed by atoms with Crippen molar-refractivity contribution in [2.45, 2.75) is 63.8 Å². The van der Waals surface area contributed by atoms with E-state index >= 15 is 0 Å². The zero-order valence-corrected chi connectivity index (χ0v) is 12.5. The van der Waals surface area contributed by atoms with Crippen LogP contribution in [0.15, 0.2) is 0 Å². The van der Waals surface area contributed by atoms with Crippen LogP contribution in [0, 0.1) is 0 Å². The van der Waals surface area contributed by atoms with E-state index in [9.17, 15) is 0 Å². The molecule has 0 saturated heterocycles. The fourth-order valence-corrected chi connectivity index (χ4v) is 12.8. The molecule has 0 aliphatic heterocycles. The highest BCUT2D eigenvalue weighted by atomic mass is 29.3. The highest BCUT2D eigenvalue weighted by Gasteiger charge is 2.48. The average Bonchev–Trinajstić information content (AvgIpc) is 2.16. The fraction of sp³-hybridized carbons (Fsp3) is 1.00. The number of hydrogen-bond acceptors (Lipinski definition) is 1. The summed E-state index contributed by atoms with van der Waals surface area (Å²) in [6, 6.07) is 0. The average molecular weight is 230 g/mol. The molecular weight excluding hydrogens is 204 g/mol. The van der Waals surface area contributed by atoms with Gasteiger partial charge in [-0.15, -0.1) is 0 Å². The summed E-state index contributed by atoms with van der Waals surface area (Å²) in [6.07, 6.45) is 7.24. The Kier molecular flexibility index (Phi) is 4.00. The summed E-state index contributed by atoms with van der Waals surface area (Å²) in [5.74, 6) is 0. The molecule has 0 aromatic carbocycles. The molecule has 1 aliphatic rings. The second kappa shape index (κ2) is 4.50. The van der Waals surface area contributed by atoms with Gasteiger partial charge in [-0.2, -0.15) is 0 Å². The van der Waals surface area contributed by atoms with Crippen LogP contribution in [0.2, 0.25) is 31.7 Å². The van der Waals surface area contributed by atoms with Crippen molar-refractivity contribution in [2.24, 2.45) is 0 Å². The first kappa shape index (κ1) is 12.5. The zero-order valence-electron chi connectivity index (χ0n) is 10.5. The van der Waals surface area contributed by atoms with E-state index in [0.29, 0.717) is 0 Å². The van der Waals surface area contributed by atoms with Gasteiger partial charge in [-0.3, -0.25) is 0 Å². The molecule has 1 fully saturated rings. The molecule has 0 aromatic heterocycles. The summed E-state index contributed by atoms with van der Waals surface area (Å²) in [7, 11) is -0.496. The lowest BCUT2D eigenvalue weighted by Gasteiger charge is -2.44. The maximum Gasteiger partial charge on any atom is 0.178 e. The minimum atomic E-state index is -1.39. The lowest BCUT2D eigenvalue weighted by molar-refractivity contribution is 0.373. The molecule has 0 bridgehead atoms. The lowest BCUT2D eigenvalue weighted by Crippen LogP contribution is -2.60. The fourth-order valence-electron chi connectivity index (χ4n) is 2.74. The molecule has 0 radical (unpaired) electrons. The van der Waals surface area contributed by atoms with Crippen molar-refractivity contribution >= 4 is 15.4 Å². The molecule has 1 saturated carbocycles. The first-order chi connectivity index (χ1) is 6.42. The smallest absolute Gasteiger partial charge is 0.178 e. The van der Waals surface area contributed by atoms with E-state index in [1.165, 1.54) is 32.1 Å². The van der Waals surface area contributed by atoms with Crippen LogP contribution in [-0.4, -0.2) is 22.5 Å². The van der Waals surface area contributed by atoms with Crippen LogP contribution in [-0.2, 0) is 4.43 Å². The van der Waals surface area contributed by atoms with Crippen molar-refractivity contribution < 1.29 is 4.43 Å². The zero-order chi connectivity index (χ0) is 10.8. The summed E-state index contributed by atoms with van der Waals surface area (Å²) in [4.78, 5) is 0. The van der Waals surface area contributed by atoms with E-state index in [1.54, 1.807) is 0 Å². The van der Waals surface area contributed by atoms with E-state index in [1.807, 2.05) is 7.11 Å². The van der Waals surface area contributed by atoms with E-state index in [-0.39, 0.29) is 0 Å². The minimum Gasteiger partial charge on any atom is -0.423 e. The SMILES string of the molecule is CO[Si](C)(C1CCCCC1)[Si](C)(C)C. The van der Waals surface area contributed by atoms with Gasteiger partial charge >= 0.3 is 0 Å². The Labute approximate surface area is 91.2 Å². The molecule has 0 N–H and O–H groups in total. The summed E-state index contributed by atoms with van der Waals surface area (Å²) >= 11 is 0. The highest BCUT2D eigenvalue weighted by molar-refractivity contribution is 7.38. The van der Waals surface area contributed by atoms with Crippen molar-refractivity contribution in [2.75, 3.05) is 7.11 Å². The second-order valence-electron chi connectivity index (χ2n) is 5.90. The normalized spacial score (nSPS) is 24.6. The first-order valence-electron chi connectivity index (χ1n) is 5.97. The van der Waals surface area contributed by atoms with Gasteiger partial charge in [0.25, 0.3) is 0 Å². The molecular formula is C11H26OSi2. The molecule has 84 valence electrons. The Morgan fingerprint density at radius 2 is 1.43 bits per heavy atom. The van der Waals surface area contributed by atoms with Crippen molar-refractivity contribution in [3.05, 3.63) is 0 Å². The third-order valence-electron chi connectivity index (χ3n) is 4.30. The predicted molar refractivity (Wildman–Crippen MR) is 68.8 cm³/mol. The largest absolute Gasteiger partial charge is 0.423 e. The monoisotopic (exact) mass is 230 g/mol. The van der Waals surface area contributed by atoms with Gasteiger partial charge in [-0.25, -0.2) is 0 Å². The van der Waals surface area contributed by atoms with Crippen LogP contribution in [0.3, 0.4) is 0 Å². The maximum atomic E-state index is 6.04. The van der Waals surface area contributed by atoms with Crippen molar-refractivity contribution in [1.82, 2.24) is 0 Å². The Hall–Kier alpha value is 0.394. The van der Waals surface area contributed by atoms with Gasteiger partial charge in [0.2, 0.25) is 0 Å². The first-order valence-corrected chi connectivity index (χ1v) is 13.0. The highest BCUT2D eigenvalue weighted by Crippen LogP contribution is 2.41. The molecule has 0 aromatic rings. The van der Waals surface area contributed by atoms with Gasteiger partial charge in [0, 0.05) is 7.11 Å². The number of rotatable bonds is 3. The quantitative estimate of drug-likeness (QED) is 0.667. The molecule has 3 heteroatoms. The third kappa shape index (κ3) is 2.31. The van der Waals surface area contributed by atoms with Gasteiger partial charge < -0.3 is 4.43 Å². The molecule has 1 rings (SSSR count). The Morgan fingerprint density at radius 3 is 1.79 bits per heavy atom. The van der Waals surface area contributed by atoms with Gasteiger partial charge in [0.05, 0.1) is 7.59 Å². The minimum absolute atomic E-state index is 0.952. The van der Waals surface area contributed by atoms with E-state index < -0.39 is 15.4 Å². The summed E-state index contributed by atoms with van der Waals surface area (Å²) < 4.78 is 6.04. The number of hydrogen-bond donors (Lipinski definition) is 0. The maximum absolute atomic E-state index is 6.04. The summed E-state index contributed by atoms with van der Waals surface area (Å²) in [5.41, 5.74) is 0.952. The molecule has 1 aliphatic carbocycles. The third-order valence-corrected chi connectivity index (χ3v) is 21.0. The van der Waals surface area contributed by atoms with Gasteiger partial charge in [0.1, 0.15) is 0 Å². The molecule has 0 amide bonds. The topological polar surface area (TPSA) is 9.23 Å². The van der Waals surface area contributed by atoms with Gasteiger partial charge in [0.15, 0.2) is 7.83 Å². The summed E-state index contributed by atoms with van der Waals surface area (Å²) in [5, 5.41) is 0. The van der Waals surface area contributed by atoms with E-state index in [2.05, 4.69) is 26.2 Å². The Morgan fingerprint density at radius 1 is 0.929 bits per heavy atom. The van der Waals surface area contributed by atoms with Crippen LogP contribution in [0.4, 0.5) is 0 Å². The van der Waals surface area contributed by atoms with Crippen LogP contribution >= 0.6 is 0 Å². The molecule has 0 spiro atoms. The molecule has 1 nitrogen and oxygen atoms in total. The van der Waals surface area contributed by atoms with Crippen molar-refractivity contribution in [3.63, 3.8) is 0 Å². The van der Waals surface area contributed by atoms with E-state index in [4.69, 9.17) is 4.43 Å². The molecule has 1 unspecified atom stereocenters. The standard InChI is InChI=1S/C11H26OSi2/c1-12-14(5,13(2,3)4)11-9-7-6-8-10-11/h11H,6-10H2,1-5H3. The Bertz CT molecular complexity index is 182. The summed E-state index contributed by atoms with van der Waals surface area (Å²) in [6.45, 7) is 9.99. The van der Waals surface area contributed by atoms with Crippen LogP contribution < -0.4 is 0 Å². The molecule has 14 heavy (non-hydrogen) atoms.